The monoisotopic (exact) mass is 434 g/mol. The van der Waals surface area contributed by atoms with E-state index in [0.29, 0.717) is 23.7 Å². The number of benzene rings is 2. The van der Waals surface area contributed by atoms with Gasteiger partial charge in [-0.3, -0.25) is 4.79 Å². The van der Waals surface area contributed by atoms with Gasteiger partial charge in [-0.1, -0.05) is 29.4 Å². The number of carbonyl (C=O) groups excluding carboxylic acids is 1. The summed E-state index contributed by atoms with van der Waals surface area (Å²) in [4.78, 5) is 14.0. The Kier molecular flexibility index (Phi) is 6.04. The van der Waals surface area contributed by atoms with Crippen LogP contribution in [-0.2, 0) is 6.61 Å². The highest BCUT2D eigenvalue weighted by atomic mass is 32.1. The summed E-state index contributed by atoms with van der Waals surface area (Å²) in [7, 11) is 1.55. The highest BCUT2D eigenvalue weighted by Crippen LogP contribution is 2.33. The van der Waals surface area contributed by atoms with Crippen LogP contribution in [0.25, 0.3) is 10.4 Å². The van der Waals surface area contributed by atoms with Gasteiger partial charge >= 0.3 is 0 Å². The molecule has 2 aromatic carbocycles. The van der Waals surface area contributed by atoms with Gasteiger partial charge in [-0.2, -0.15) is 0 Å². The first-order chi connectivity index (χ1) is 15.1. The van der Waals surface area contributed by atoms with E-state index >= 15 is 0 Å². The number of para-hydroxylation sites is 1. The average molecular weight is 435 g/mol. The average Bonchev–Trinajstić information content (AvgIpc) is 3.43. The Hall–Kier alpha value is -3.58. The van der Waals surface area contributed by atoms with Crippen LogP contribution in [0.5, 0.6) is 11.5 Å². The summed E-state index contributed by atoms with van der Waals surface area (Å²) in [5.74, 6) is 1.51. The van der Waals surface area contributed by atoms with E-state index in [9.17, 15) is 4.79 Å². The molecule has 0 atom stereocenters. The number of thiophene rings is 1. The fourth-order valence-corrected chi connectivity index (χ4v) is 3.99. The first kappa shape index (κ1) is 20.7. The van der Waals surface area contributed by atoms with Crippen molar-refractivity contribution in [2.75, 3.05) is 12.4 Å². The van der Waals surface area contributed by atoms with Crippen LogP contribution in [0.1, 0.15) is 27.4 Å². The van der Waals surface area contributed by atoms with Crippen molar-refractivity contribution in [2.24, 2.45) is 0 Å². The molecule has 0 radical (unpaired) electrons. The normalized spacial score (nSPS) is 10.7. The third-order valence-electron chi connectivity index (χ3n) is 4.94. The minimum atomic E-state index is -0.223. The molecule has 0 aliphatic rings. The minimum absolute atomic E-state index is 0.223. The van der Waals surface area contributed by atoms with Gasteiger partial charge in [-0.25, -0.2) is 0 Å². The highest BCUT2D eigenvalue weighted by Gasteiger charge is 2.15. The second-order valence-electron chi connectivity index (χ2n) is 6.93. The summed E-state index contributed by atoms with van der Waals surface area (Å²) < 4.78 is 16.5. The Morgan fingerprint density at radius 3 is 2.65 bits per heavy atom. The zero-order valence-corrected chi connectivity index (χ0v) is 18.3. The number of aromatic nitrogens is 1. The Labute approximate surface area is 184 Å². The van der Waals surface area contributed by atoms with Crippen LogP contribution in [0.4, 0.5) is 5.69 Å². The molecule has 4 aromatic rings. The molecule has 0 saturated heterocycles. The first-order valence-electron chi connectivity index (χ1n) is 9.73. The number of nitrogens with one attached hydrogen (secondary N) is 1. The zero-order chi connectivity index (χ0) is 21.8. The molecule has 0 spiro atoms. The van der Waals surface area contributed by atoms with Gasteiger partial charge in [0.1, 0.15) is 12.4 Å². The molecule has 158 valence electrons. The largest absolute Gasteiger partial charge is 0.493 e. The third-order valence-corrected chi connectivity index (χ3v) is 5.84. The van der Waals surface area contributed by atoms with Crippen molar-refractivity contribution in [3.63, 3.8) is 0 Å². The van der Waals surface area contributed by atoms with Gasteiger partial charge in [-0.15, -0.1) is 11.3 Å². The Balaban J connectivity index is 1.52. The molecule has 1 amide bonds. The molecule has 0 unspecified atom stereocenters. The molecule has 0 saturated carbocycles. The number of hydrogen-bond donors (Lipinski definition) is 1. The van der Waals surface area contributed by atoms with E-state index in [2.05, 4.69) is 10.5 Å². The predicted molar refractivity (Wildman–Crippen MR) is 121 cm³/mol. The smallest absolute Gasteiger partial charge is 0.255 e. The van der Waals surface area contributed by atoms with Gasteiger partial charge < -0.3 is 19.3 Å². The van der Waals surface area contributed by atoms with Crippen LogP contribution in [0.15, 0.2) is 64.5 Å². The lowest BCUT2D eigenvalue weighted by Crippen LogP contribution is -2.13. The second kappa shape index (κ2) is 9.06. The summed E-state index contributed by atoms with van der Waals surface area (Å²) in [5, 5.41) is 8.96. The molecule has 0 bridgehead atoms. The molecule has 0 fully saturated rings. The lowest BCUT2D eigenvalue weighted by Gasteiger charge is -2.13. The van der Waals surface area contributed by atoms with Crippen LogP contribution in [-0.4, -0.2) is 18.2 Å². The van der Waals surface area contributed by atoms with Crippen LogP contribution in [0, 0.1) is 13.8 Å². The molecule has 2 aromatic heterocycles. The SMILES string of the molecule is COc1cc(C(=O)Nc2ccccc2-c2cccs2)ccc1OCc1c(C)noc1C. The summed E-state index contributed by atoms with van der Waals surface area (Å²) in [6, 6.07) is 16.9. The Morgan fingerprint density at radius 1 is 1.10 bits per heavy atom. The number of anilines is 1. The van der Waals surface area contributed by atoms with Crippen molar-refractivity contribution in [3.8, 4) is 21.9 Å². The number of rotatable bonds is 7. The predicted octanol–water partition coefficient (Wildman–Crippen LogP) is 5.86. The zero-order valence-electron chi connectivity index (χ0n) is 17.5. The summed E-state index contributed by atoms with van der Waals surface area (Å²) in [6.07, 6.45) is 0. The Bertz CT molecular complexity index is 1180. The van der Waals surface area contributed by atoms with E-state index in [0.717, 1.165) is 33.1 Å². The highest BCUT2D eigenvalue weighted by molar-refractivity contribution is 7.13. The van der Waals surface area contributed by atoms with Crippen LogP contribution < -0.4 is 14.8 Å². The van der Waals surface area contributed by atoms with Gasteiger partial charge in [0.05, 0.1) is 18.4 Å². The minimum Gasteiger partial charge on any atom is -0.493 e. The van der Waals surface area contributed by atoms with Crippen molar-refractivity contribution in [3.05, 3.63) is 82.6 Å². The molecular formula is C24H22N2O4S. The van der Waals surface area contributed by atoms with Crippen molar-refractivity contribution >= 4 is 22.9 Å². The fourth-order valence-electron chi connectivity index (χ4n) is 3.22. The number of carbonyl (C=O) groups is 1. The summed E-state index contributed by atoms with van der Waals surface area (Å²) in [6.45, 7) is 4.02. The molecule has 7 heteroatoms. The summed E-state index contributed by atoms with van der Waals surface area (Å²) in [5.41, 5.74) is 3.90. The van der Waals surface area contributed by atoms with Crippen molar-refractivity contribution in [2.45, 2.75) is 20.5 Å². The molecule has 2 heterocycles. The van der Waals surface area contributed by atoms with E-state index in [1.165, 1.54) is 0 Å². The topological polar surface area (TPSA) is 73.6 Å². The van der Waals surface area contributed by atoms with Crippen LogP contribution >= 0.6 is 11.3 Å². The number of amides is 1. The van der Waals surface area contributed by atoms with Crippen molar-refractivity contribution < 1.29 is 18.8 Å². The lowest BCUT2D eigenvalue weighted by atomic mass is 10.1. The van der Waals surface area contributed by atoms with E-state index < -0.39 is 0 Å². The molecular weight excluding hydrogens is 412 g/mol. The molecule has 4 rings (SSSR count). The third kappa shape index (κ3) is 4.46. The number of hydrogen-bond acceptors (Lipinski definition) is 6. The molecule has 0 aliphatic carbocycles. The van der Waals surface area contributed by atoms with Crippen LogP contribution in [0.2, 0.25) is 0 Å². The molecule has 31 heavy (non-hydrogen) atoms. The maximum absolute atomic E-state index is 12.9. The first-order valence-corrected chi connectivity index (χ1v) is 10.6. The number of nitrogens with zero attached hydrogens (tertiary/aromatic N) is 1. The van der Waals surface area contributed by atoms with Crippen LogP contribution in [0.3, 0.4) is 0 Å². The second-order valence-corrected chi connectivity index (χ2v) is 7.88. The van der Waals surface area contributed by atoms with Crippen molar-refractivity contribution in [1.29, 1.82) is 0 Å². The van der Waals surface area contributed by atoms with E-state index in [1.54, 1.807) is 36.6 Å². The molecule has 6 nitrogen and oxygen atoms in total. The van der Waals surface area contributed by atoms with E-state index in [-0.39, 0.29) is 5.91 Å². The molecule has 0 aliphatic heterocycles. The van der Waals surface area contributed by atoms with Gasteiger partial charge in [-0.05, 0) is 49.6 Å². The lowest BCUT2D eigenvalue weighted by molar-refractivity contribution is 0.102. The van der Waals surface area contributed by atoms with Gasteiger partial charge in [0.25, 0.3) is 5.91 Å². The van der Waals surface area contributed by atoms with E-state index in [1.807, 2.05) is 55.6 Å². The maximum Gasteiger partial charge on any atom is 0.255 e. The maximum atomic E-state index is 12.9. The molecule has 1 N–H and O–H groups in total. The number of ether oxygens (including phenoxy) is 2. The standard InChI is InChI=1S/C24H22N2O4S/c1-15-19(16(2)30-26-15)14-29-21-11-10-17(13-22(21)28-3)24(27)25-20-8-5-4-7-18(20)23-9-6-12-31-23/h4-13H,14H2,1-3H3,(H,25,27). The van der Waals surface area contributed by atoms with Crippen molar-refractivity contribution in [1.82, 2.24) is 5.16 Å². The summed E-state index contributed by atoms with van der Waals surface area (Å²) >= 11 is 1.63. The van der Waals surface area contributed by atoms with Gasteiger partial charge in [0.2, 0.25) is 0 Å². The quantitative estimate of drug-likeness (QED) is 0.394. The van der Waals surface area contributed by atoms with E-state index in [4.69, 9.17) is 14.0 Å². The number of aryl methyl sites for hydroxylation is 2. The van der Waals surface area contributed by atoms with Gasteiger partial charge in [0.15, 0.2) is 11.5 Å². The Morgan fingerprint density at radius 2 is 1.94 bits per heavy atom. The fraction of sp³-hybridized carbons (Fsp3) is 0.167. The number of methoxy groups -OCH3 is 1. The van der Waals surface area contributed by atoms with Gasteiger partial charge in [0, 0.05) is 21.7 Å².